The molecule has 0 heterocycles. The summed E-state index contributed by atoms with van der Waals surface area (Å²) < 4.78 is 0. The van der Waals surface area contributed by atoms with Gasteiger partial charge in [0.05, 0.1) is 0 Å². The second-order valence-corrected chi connectivity index (χ2v) is 6.39. The van der Waals surface area contributed by atoms with Crippen molar-refractivity contribution in [3.63, 3.8) is 0 Å². The van der Waals surface area contributed by atoms with Crippen LogP contribution in [0.25, 0.3) is 0 Å². The fourth-order valence-corrected chi connectivity index (χ4v) is 2.58. The number of nitrogens with one attached hydrogen (secondary N) is 2. The normalized spacial score (nSPS) is 12.7. The van der Waals surface area contributed by atoms with E-state index in [2.05, 4.69) is 10.6 Å². The highest BCUT2D eigenvalue weighted by Gasteiger charge is 2.28. The van der Waals surface area contributed by atoms with Crippen LogP contribution in [0, 0.1) is 0 Å². The average Bonchev–Trinajstić information content (AvgIpc) is 2.59. The van der Waals surface area contributed by atoms with Gasteiger partial charge in [0.25, 0.3) is 0 Å². The number of hydrogen-bond acceptors (Lipinski definition) is 3. The van der Waals surface area contributed by atoms with Gasteiger partial charge in [-0.3, -0.25) is 9.59 Å². The molecule has 0 aliphatic carbocycles. The van der Waals surface area contributed by atoms with Gasteiger partial charge in [-0.05, 0) is 35.4 Å². The van der Waals surface area contributed by atoms with Crippen LogP contribution in [-0.4, -0.2) is 22.9 Å². The van der Waals surface area contributed by atoms with E-state index in [1.54, 1.807) is 24.3 Å². The van der Waals surface area contributed by atoms with E-state index < -0.39 is 29.9 Å². The van der Waals surface area contributed by atoms with Crippen LogP contribution >= 0.6 is 23.2 Å². The Morgan fingerprint density at radius 1 is 0.808 bits per heavy atom. The Morgan fingerprint density at radius 2 is 1.23 bits per heavy atom. The maximum atomic E-state index is 12.7. The summed E-state index contributed by atoms with van der Waals surface area (Å²) >= 11 is 11.7. The largest absolute Gasteiger partial charge is 0.479 e. The number of aliphatic carboxylic acids is 1. The molecule has 2 amide bonds. The summed E-state index contributed by atoms with van der Waals surface area (Å²) in [4.78, 5) is 35.7. The Kier molecular flexibility index (Phi) is 6.60. The molecule has 0 aromatic heterocycles. The predicted octanol–water partition coefficient (Wildman–Crippen LogP) is 3.11. The monoisotopic (exact) mass is 394 g/mol. The van der Waals surface area contributed by atoms with Gasteiger partial charge >= 0.3 is 5.97 Å². The number of carboxylic acid groups (broad SMARTS) is 1. The lowest BCUT2D eigenvalue weighted by atomic mass is 10.0. The molecule has 0 saturated heterocycles. The lowest BCUT2D eigenvalue weighted by Gasteiger charge is -2.21. The SMILES string of the molecule is CC(=O)NC(C(=O)NC(C(=O)O)c1ccc(Cl)cc1)c1ccc(Cl)cc1. The molecule has 0 aliphatic rings. The van der Waals surface area contributed by atoms with E-state index in [0.717, 1.165) is 0 Å². The molecule has 0 radical (unpaired) electrons. The van der Waals surface area contributed by atoms with E-state index in [0.29, 0.717) is 21.2 Å². The van der Waals surface area contributed by atoms with Crippen molar-refractivity contribution in [2.75, 3.05) is 0 Å². The third-order valence-electron chi connectivity index (χ3n) is 3.55. The van der Waals surface area contributed by atoms with Gasteiger partial charge in [-0.25, -0.2) is 4.79 Å². The van der Waals surface area contributed by atoms with Crippen LogP contribution in [0.15, 0.2) is 48.5 Å². The highest BCUT2D eigenvalue weighted by atomic mass is 35.5. The van der Waals surface area contributed by atoms with Gasteiger partial charge in [0.2, 0.25) is 11.8 Å². The maximum Gasteiger partial charge on any atom is 0.330 e. The van der Waals surface area contributed by atoms with Gasteiger partial charge in [0, 0.05) is 17.0 Å². The van der Waals surface area contributed by atoms with E-state index in [1.807, 2.05) is 0 Å². The average molecular weight is 395 g/mol. The van der Waals surface area contributed by atoms with Gasteiger partial charge in [-0.1, -0.05) is 47.5 Å². The first kappa shape index (κ1) is 19.8. The zero-order chi connectivity index (χ0) is 19.3. The molecule has 0 saturated carbocycles. The molecule has 26 heavy (non-hydrogen) atoms. The van der Waals surface area contributed by atoms with Gasteiger partial charge in [0.15, 0.2) is 6.04 Å². The molecular weight excluding hydrogens is 379 g/mol. The molecule has 8 heteroatoms. The van der Waals surface area contributed by atoms with Crippen molar-refractivity contribution in [3.05, 3.63) is 69.7 Å². The fourth-order valence-electron chi connectivity index (χ4n) is 2.33. The Morgan fingerprint density at radius 3 is 1.62 bits per heavy atom. The molecule has 2 rings (SSSR count). The standard InChI is InChI=1S/C18H16Cl2N2O4/c1-10(23)21-15(11-2-6-13(19)7-3-11)17(24)22-16(18(25)26)12-4-8-14(20)9-5-12/h2-9,15-16H,1H3,(H,21,23)(H,22,24)(H,25,26). The highest BCUT2D eigenvalue weighted by molar-refractivity contribution is 6.30. The maximum absolute atomic E-state index is 12.7. The second kappa shape index (κ2) is 8.69. The molecule has 2 aromatic carbocycles. The molecule has 0 bridgehead atoms. The van der Waals surface area contributed by atoms with E-state index >= 15 is 0 Å². The first-order valence-corrected chi connectivity index (χ1v) is 8.34. The third-order valence-corrected chi connectivity index (χ3v) is 4.05. The third kappa shape index (κ3) is 5.21. The molecule has 136 valence electrons. The number of carbonyl (C=O) groups excluding carboxylic acids is 2. The summed E-state index contributed by atoms with van der Waals surface area (Å²) in [6, 6.07) is 10.1. The van der Waals surface area contributed by atoms with Crippen LogP contribution in [0.3, 0.4) is 0 Å². The molecule has 0 fully saturated rings. The summed E-state index contributed by atoms with van der Waals surface area (Å²) in [7, 11) is 0. The lowest BCUT2D eigenvalue weighted by Crippen LogP contribution is -2.43. The van der Waals surface area contributed by atoms with Crippen molar-refractivity contribution in [2.45, 2.75) is 19.0 Å². The number of amides is 2. The Bertz CT molecular complexity index is 807. The molecule has 6 nitrogen and oxygen atoms in total. The van der Waals surface area contributed by atoms with Crippen LogP contribution < -0.4 is 10.6 Å². The molecule has 2 atom stereocenters. The fraction of sp³-hybridized carbons (Fsp3) is 0.167. The molecule has 3 N–H and O–H groups in total. The first-order valence-electron chi connectivity index (χ1n) is 7.59. The molecule has 0 spiro atoms. The van der Waals surface area contributed by atoms with E-state index in [9.17, 15) is 19.5 Å². The Labute approximate surface area is 160 Å². The van der Waals surface area contributed by atoms with Crippen molar-refractivity contribution in [1.29, 1.82) is 0 Å². The minimum Gasteiger partial charge on any atom is -0.479 e. The van der Waals surface area contributed by atoms with Gasteiger partial charge < -0.3 is 15.7 Å². The number of rotatable bonds is 6. The van der Waals surface area contributed by atoms with Gasteiger partial charge in [0.1, 0.15) is 6.04 Å². The quantitative estimate of drug-likeness (QED) is 0.701. The number of carbonyl (C=O) groups is 3. The van der Waals surface area contributed by atoms with Crippen molar-refractivity contribution < 1.29 is 19.5 Å². The summed E-state index contributed by atoms with van der Waals surface area (Å²) in [5, 5.41) is 15.3. The predicted molar refractivity (Wildman–Crippen MR) is 98.0 cm³/mol. The van der Waals surface area contributed by atoms with Crippen LogP contribution in [0.4, 0.5) is 0 Å². The van der Waals surface area contributed by atoms with E-state index in [4.69, 9.17) is 23.2 Å². The van der Waals surface area contributed by atoms with Crippen molar-refractivity contribution in [2.24, 2.45) is 0 Å². The smallest absolute Gasteiger partial charge is 0.330 e. The van der Waals surface area contributed by atoms with Crippen LogP contribution in [0.2, 0.25) is 10.0 Å². The van der Waals surface area contributed by atoms with E-state index in [1.165, 1.54) is 31.2 Å². The lowest BCUT2D eigenvalue weighted by molar-refractivity contribution is -0.142. The highest BCUT2D eigenvalue weighted by Crippen LogP contribution is 2.21. The topological polar surface area (TPSA) is 95.5 Å². The number of halogens is 2. The van der Waals surface area contributed by atoms with Crippen molar-refractivity contribution >= 4 is 41.0 Å². The van der Waals surface area contributed by atoms with Gasteiger partial charge in [-0.15, -0.1) is 0 Å². The molecule has 0 aliphatic heterocycles. The Hall–Kier alpha value is -2.57. The first-order chi connectivity index (χ1) is 12.3. The minimum absolute atomic E-state index is 0.355. The van der Waals surface area contributed by atoms with Crippen LogP contribution in [-0.2, 0) is 14.4 Å². The van der Waals surface area contributed by atoms with Crippen molar-refractivity contribution in [3.8, 4) is 0 Å². The summed E-state index contributed by atoms with van der Waals surface area (Å²) in [6.07, 6.45) is 0. The summed E-state index contributed by atoms with van der Waals surface area (Å²) in [5.74, 6) is -2.33. The van der Waals surface area contributed by atoms with Crippen molar-refractivity contribution in [1.82, 2.24) is 10.6 Å². The van der Waals surface area contributed by atoms with E-state index in [-0.39, 0.29) is 0 Å². The Balaban J connectivity index is 2.28. The minimum atomic E-state index is -1.29. The van der Waals surface area contributed by atoms with Crippen LogP contribution in [0.1, 0.15) is 30.1 Å². The summed E-state index contributed by atoms with van der Waals surface area (Å²) in [6.45, 7) is 1.27. The molecule has 2 aromatic rings. The zero-order valence-corrected chi connectivity index (χ0v) is 15.2. The van der Waals surface area contributed by atoms with Gasteiger partial charge in [-0.2, -0.15) is 0 Å². The summed E-state index contributed by atoms with van der Waals surface area (Å²) in [5.41, 5.74) is 0.829. The molecular formula is C18H16Cl2N2O4. The molecule has 2 unspecified atom stereocenters. The number of hydrogen-bond donors (Lipinski definition) is 3. The second-order valence-electron chi connectivity index (χ2n) is 5.52. The van der Waals surface area contributed by atoms with Crippen LogP contribution in [0.5, 0.6) is 0 Å². The number of benzene rings is 2. The number of carboxylic acids is 1. The zero-order valence-electron chi connectivity index (χ0n) is 13.7.